The summed E-state index contributed by atoms with van der Waals surface area (Å²) < 4.78 is 20.5. The predicted molar refractivity (Wildman–Crippen MR) is 190 cm³/mol. The van der Waals surface area contributed by atoms with Crippen LogP contribution in [0, 0.1) is 0 Å². The van der Waals surface area contributed by atoms with Crippen LogP contribution >= 0.6 is 23.2 Å². The largest absolute Gasteiger partial charge is 0.491 e. The number of nitrogens with zero attached hydrogens (tertiary/aromatic N) is 6. The topological polar surface area (TPSA) is 117 Å². The van der Waals surface area contributed by atoms with E-state index in [1.807, 2.05) is 49.4 Å². The molecule has 3 heterocycles. The van der Waals surface area contributed by atoms with Crippen LogP contribution in [0.3, 0.4) is 0 Å². The summed E-state index contributed by atoms with van der Waals surface area (Å²) in [6.07, 6.45) is 3.29. The average Bonchev–Trinajstić information content (AvgIpc) is 3.79. The van der Waals surface area contributed by atoms with E-state index in [0.29, 0.717) is 48.3 Å². The van der Waals surface area contributed by atoms with Crippen LogP contribution in [-0.2, 0) is 21.8 Å². The number of piperazine rings is 1. The highest BCUT2D eigenvalue weighted by Crippen LogP contribution is 2.40. The van der Waals surface area contributed by atoms with Gasteiger partial charge in [-0.2, -0.15) is 5.10 Å². The van der Waals surface area contributed by atoms with E-state index in [1.165, 1.54) is 6.33 Å². The highest BCUT2D eigenvalue weighted by molar-refractivity contribution is 6.35. The summed E-state index contributed by atoms with van der Waals surface area (Å²) in [6.45, 7) is 7.49. The van der Waals surface area contributed by atoms with Crippen molar-refractivity contribution in [1.82, 2.24) is 19.7 Å². The van der Waals surface area contributed by atoms with Gasteiger partial charge in [0.1, 0.15) is 37.7 Å². The quantitative estimate of drug-likeness (QED) is 0.186. The maximum atomic E-state index is 12.6. The molecule has 0 aliphatic carbocycles. The third-order valence-electron chi connectivity index (χ3n) is 8.69. The van der Waals surface area contributed by atoms with E-state index in [9.17, 15) is 4.79 Å². The van der Waals surface area contributed by atoms with Gasteiger partial charge >= 0.3 is 6.03 Å². The number of nitrogens with one attached hydrogen (secondary N) is 1. The van der Waals surface area contributed by atoms with E-state index in [4.69, 9.17) is 42.5 Å². The molecule has 2 atom stereocenters. The van der Waals surface area contributed by atoms with Crippen LogP contribution in [0.4, 0.5) is 21.9 Å². The van der Waals surface area contributed by atoms with Crippen molar-refractivity contribution < 1.29 is 24.1 Å². The van der Waals surface area contributed by atoms with Gasteiger partial charge in [-0.1, -0.05) is 29.3 Å². The molecule has 14 heteroatoms. The van der Waals surface area contributed by atoms with Gasteiger partial charge < -0.3 is 39.3 Å². The fraction of sp³-hybridized carbons (Fsp3) is 0.400. The van der Waals surface area contributed by atoms with Crippen molar-refractivity contribution in [3.05, 3.63) is 95.0 Å². The molecule has 2 aliphatic heterocycles. The van der Waals surface area contributed by atoms with Crippen LogP contribution in [0.1, 0.15) is 18.9 Å². The van der Waals surface area contributed by atoms with Gasteiger partial charge in [0.25, 0.3) is 0 Å². The first kappa shape index (κ1) is 34.8. The summed E-state index contributed by atoms with van der Waals surface area (Å²) in [5.74, 6) is -0.419. The summed E-state index contributed by atoms with van der Waals surface area (Å²) >= 11 is 12.7. The highest BCUT2D eigenvalue weighted by atomic mass is 35.5. The van der Waals surface area contributed by atoms with Crippen molar-refractivity contribution in [1.29, 1.82) is 0 Å². The molecule has 2 fully saturated rings. The van der Waals surface area contributed by atoms with E-state index in [-0.39, 0.29) is 25.3 Å². The van der Waals surface area contributed by atoms with E-state index in [0.717, 1.165) is 49.0 Å². The first-order chi connectivity index (χ1) is 23.9. The smallest absolute Gasteiger partial charge is 0.321 e. The number of hydrogen-bond acceptors (Lipinski definition) is 9. The normalized spacial score (nSPS) is 19.2. The van der Waals surface area contributed by atoms with Gasteiger partial charge in [0.05, 0.1) is 11.6 Å². The minimum absolute atomic E-state index is 0.0649. The van der Waals surface area contributed by atoms with Crippen molar-refractivity contribution in [3.8, 4) is 5.75 Å². The molecule has 0 unspecified atom stereocenters. The molecule has 49 heavy (non-hydrogen) atoms. The number of carbonyl (C=O) groups is 1. The Morgan fingerprint density at radius 1 is 1.04 bits per heavy atom. The van der Waals surface area contributed by atoms with Crippen LogP contribution in [-0.4, -0.2) is 96.0 Å². The lowest BCUT2D eigenvalue weighted by Gasteiger charge is -2.37. The standard InChI is InChI=1S/C35H41Cl2N7O5/c1-2-41(14-3-19-45)34(46)40-27-5-7-28(8-6-27)42-15-17-43(18-16-42)29-9-11-30(12-10-29)47-21-31-22-48-35(49-31,23-44-25-38-24-39-44)32-13-4-26(36)20-33(32)37/h4-13,20,24-25,31,45H,2-3,14-19,21-23H2,1H3,(H,40,46)/t31-,35-/m1/s1. The minimum atomic E-state index is -1.16. The Kier molecular flexibility index (Phi) is 11.4. The van der Waals surface area contributed by atoms with Gasteiger partial charge in [-0.3, -0.25) is 0 Å². The van der Waals surface area contributed by atoms with E-state index < -0.39 is 5.79 Å². The Hall–Kier alpha value is -4.07. The van der Waals surface area contributed by atoms with Crippen LogP contribution in [0.5, 0.6) is 5.75 Å². The van der Waals surface area contributed by atoms with Crippen molar-refractivity contribution in [2.45, 2.75) is 31.8 Å². The lowest BCUT2D eigenvalue weighted by molar-refractivity contribution is -0.190. The predicted octanol–water partition coefficient (Wildman–Crippen LogP) is 5.50. The van der Waals surface area contributed by atoms with E-state index in [2.05, 4.69) is 37.3 Å². The number of ether oxygens (including phenoxy) is 3. The Morgan fingerprint density at radius 3 is 2.35 bits per heavy atom. The van der Waals surface area contributed by atoms with Crippen molar-refractivity contribution >= 4 is 46.3 Å². The second kappa shape index (κ2) is 16.1. The molecular weight excluding hydrogens is 669 g/mol. The van der Waals surface area contributed by atoms with Crippen molar-refractivity contribution in [2.24, 2.45) is 0 Å². The zero-order valence-corrected chi connectivity index (χ0v) is 28.9. The first-order valence-electron chi connectivity index (χ1n) is 16.4. The number of aliphatic hydroxyl groups is 1. The second-order valence-corrected chi connectivity index (χ2v) is 12.8. The average molecular weight is 711 g/mol. The molecule has 0 saturated carbocycles. The third-order valence-corrected chi connectivity index (χ3v) is 9.24. The molecule has 2 N–H and O–H groups in total. The van der Waals surface area contributed by atoms with E-state index in [1.54, 1.807) is 28.0 Å². The lowest BCUT2D eigenvalue weighted by Crippen LogP contribution is -2.46. The van der Waals surface area contributed by atoms with Gasteiger partial charge in [0, 0.05) is 73.5 Å². The van der Waals surface area contributed by atoms with Crippen LogP contribution in [0.15, 0.2) is 79.4 Å². The molecule has 2 aliphatic rings. The molecule has 0 radical (unpaired) electrons. The highest BCUT2D eigenvalue weighted by Gasteiger charge is 2.45. The second-order valence-electron chi connectivity index (χ2n) is 11.9. The Balaban J connectivity index is 0.987. The monoisotopic (exact) mass is 709 g/mol. The number of amides is 2. The summed E-state index contributed by atoms with van der Waals surface area (Å²) in [4.78, 5) is 23.0. The summed E-state index contributed by atoms with van der Waals surface area (Å²) in [6, 6.07) is 21.2. The molecule has 4 aromatic rings. The molecule has 0 bridgehead atoms. The molecule has 0 spiro atoms. The lowest BCUT2D eigenvalue weighted by atomic mass is 10.1. The number of hydrogen-bond donors (Lipinski definition) is 2. The zero-order chi connectivity index (χ0) is 34.2. The molecule has 2 saturated heterocycles. The Labute approximate surface area is 296 Å². The SMILES string of the molecule is CCN(CCCO)C(=O)Nc1ccc(N2CCN(c3ccc(OC[C@@H]4CO[C@@](Cn5cncn5)(c5ccc(Cl)cc5Cl)O4)cc3)CC2)cc1. The Bertz CT molecular complexity index is 1650. The Morgan fingerprint density at radius 2 is 1.73 bits per heavy atom. The van der Waals surface area contributed by atoms with Crippen LogP contribution in [0.25, 0.3) is 0 Å². The molecule has 1 aromatic heterocycles. The first-order valence-corrected chi connectivity index (χ1v) is 17.2. The van der Waals surface area contributed by atoms with Crippen LogP contribution in [0.2, 0.25) is 10.0 Å². The van der Waals surface area contributed by atoms with Gasteiger partial charge in [-0.25, -0.2) is 14.5 Å². The number of anilines is 3. The molecule has 6 rings (SSSR count). The van der Waals surface area contributed by atoms with Crippen LogP contribution < -0.4 is 19.9 Å². The maximum absolute atomic E-state index is 12.6. The minimum Gasteiger partial charge on any atom is -0.491 e. The fourth-order valence-electron chi connectivity index (χ4n) is 6.07. The number of rotatable bonds is 13. The molecular formula is C35H41Cl2N7O5. The number of carbonyl (C=O) groups excluding carboxylic acids is 1. The summed E-state index contributed by atoms with van der Waals surface area (Å²) in [7, 11) is 0. The van der Waals surface area contributed by atoms with Gasteiger partial charge in [0.15, 0.2) is 0 Å². The number of halogens is 2. The number of urea groups is 1. The summed E-state index contributed by atoms with van der Waals surface area (Å²) in [5, 5.41) is 17.2. The van der Waals surface area contributed by atoms with Gasteiger partial charge in [-0.15, -0.1) is 0 Å². The maximum Gasteiger partial charge on any atom is 0.321 e. The van der Waals surface area contributed by atoms with Crippen molar-refractivity contribution in [2.75, 3.05) is 74.2 Å². The molecule has 12 nitrogen and oxygen atoms in total. The summed E-state index contributed by atoms with van der Waals surface area (Å²) in [5.41, 5.74) is 3.67. The third kappa shape index (κ3) is 8.57. The van der Waals surface area contributed by atoms with Gasteiger partial charge in [-0.05, 0) is 74.0 Å². The molecule has 260 valence electrons. The van der Waals surface area contributed by atoms with E-state index >= 15 is 0 Å². The fourth-order valence-corrected chi connectivity index (χ4v) is 6.62. The zero-order valence-electron chi connectivity index (χ0n) is 27.4. The number of aromatic nitrogens is 3. The molecule has 2 amide bonds. The van der Waals surface area contributed by atoms with Crippen molar-refractivity contribution in [3.63, 3.8) is 0 Å². The van der Waals surface area contributed by atoms with Gasteiger partial charge in [0.2, 0.25) is 5.79 Å². The number of aliphatic hydroxyl groups excluding tert-OH is 1. The number of benzene rings is 3. The molecule has 3 aromatic carbocycles.